The van der Waals surface area contributed by atoms with Crippen LogP contribution in [0, 0.1) is 6.92 Å². The molecule has 0 unspecified atom stereocenters. The van der Waals surface area contributed by atoms with E-state index in [1.807, 2.05) is 6.92 Å². The molecule has 10 nitrogen and oxygen atoms in total. The van der Waals surface area contributed by atoms with E-state index in [1.165, 1.54) is 67.0 Å². The molecule has 1 heterocycles. The summed E-state index contributed by atoms with van der Waals surface area (Å²) in [7, 11) is -7.82. The zero-order chi connectivity index (χ0) is 26.6. The van der Waals surface area contributed by atoms with Crippen molar-refractivity contribution in [3.05, 3.63) is 101 Å². The highest BCUT2D eigenvalue weighted by molar-refractivity contribution is 7.93. The van der Waals surface area contributed by atoms with Crippen molar-refractivity contribution >= 4 is 54.9 Å². The molecular formula is C24H20ClN5O5S2. The summed E-state index contributed by atoms with van der Waals surface area (Å²) in [6.45, 7) is 1.84. The third kappa shape index (κ3) is 6.42. The molecule has 4 aromatic rings. The van der Waals surface area contributed by atoms with Gasteiger partial charge >= 0.3 is 0 Å². The van der Waals surface area contributed by atoms with Gasteiger partial charge in [-0.2, -0.15) is 0 Å². The number of aryl methyl sites for hydroxylation is 1. The number of halogens is 1. The van der Waals surface area contributed by atoms with Crippen LogP contribution in [-0.4, -0.2) is 32.7 Å². The zero-order valence-corrected chi connectivity index (χ0v) is 21.6. The number of anilines is 3. The van der Waals surface area contributed by atoms with Gasteiger partial charge < -0.3 is 5.32 Å². The Labute approximate surface area is 218 Å². The fourth-order valence-electron chi connectivity index (χ4n) is 3.14. The monoisotopic (exact) mass is 557 g/mol. The van der Waals surface area contributed by atoms with Gasteiger partial charge in [-0.3, -0.25) is 9.52 Å². The minimum absolute atomic E-state index is 0.0189. The Kier molecular flexibility index (Phi) is 7.43. The van der Waals surface area contributed by atoms with Crippen LogP contribution < -0.4 is 14.8 Å². The second kappa shape index (κ2) is 10.5. The molecule has 3 N–H and O–H groups in total. The molecule has 0 aliphatic heterocycles. The van der Waals surface area contributed by atoms with Crippen LogP contribution in [0.15, 0.2) is 95.0 Å². The SMILES string of the molecule is Cc1ccc(S(=O)(=O)Nc2ccc(Cl)c(C(=O)Nc3ccc(S(=O)(=O)Nc4ncccn4)cc3)c2)cc1. The fraction of sp³-hybridized carbons (Fsp3) is 0.0417. The van der Waals surface area contributed by atoms with E-state index in [2.05, 4.69) is 24.7 Å². The summed E-state index contributed by atoms with van der Waals surface area (Å²) >= 11 is 6.19. The average molecular weight is 558 g/mol. The minimum Gasteiger partial charge on any atom is -0.322 e. The Bertz CT molecular complexity index is 1650. The van der Waals surface area contributed by atoms with Gasteiger partial charge in [0.1, 0.15) is 0 Å². The maximum atomic E-state index is 12.9. The third-order valence-corrected chi connectivity index (χ3v) is 8.08. The normalized spacial score (nSPS) is 11.5. The lowest BCUT2D eigenvalue weighted by atomic mass is 10.2. The number of aromatic nitrogens is 2. The van der Waals surface area contributed by atoms with Gasteiger partial charge in [-0.1, -0.05) is 29.3 Å². The first-order chi connectivity index (χ1) is 17.5. The molecule has 0 bridgehead atoms. The van der Waals surface area contributed by atoms with E-state index in [-0.39, 0.29) is 32.0 Å². The Morgan fingerprint density at radius 1 is 0.757 bits per heavy atom. The van der Waals surface area contributed by atoms with Crippen LogP contribution in [0.1, 0.15) is 15.9 Å². The van der Waals surface area contributed by atoms with Crippen molar-refractivity contribution in [2.24, 2.45) is 0 Å². The number of rotatable bonds is 8. The summed E-state index contributed by atoms with van der Waals surface area (Å²) in [5.41, 5.74) is 1.37. The topological polar surface area (TPSA) is 147 Å². The Hall–Kier alpha value is -4.00. The number of carbonyl (C=O) groups excluding carboxylic acids is 1. The number of carbonyl (C=O) groups is 1. The van der Waals surface area contributed by atoms with Crippen LogP contribution in [0.4, 0.5) is 17.3 Å². The number of benzene rings is 3. The first kappa shape index (κ1) is 26.1. The van der Waals surface area contributed by atoms with E-state index < -0.39 is 26.0 Å². The van der Waals surface area contributed by atoms with Gasteiger partial charge in [0.2, 0.25) is 5.95 Å². The lowest BCUT2D eigenvalue weighted by Gasteiger charge is -2.12. The molecule has 0 fully saturated rings. The molecule has 0 spiro atoms. The number of hydrogen-bond acceptors (Lipinski definition) is 7. The number of nitrogens with zero attached hydrogens (tertiary/aromatic N) is 2. The summed E-state index contributed by atoms with van der Waals surface area (Å²) in [4.78, 5) is 20.5. The molecule has 37 heavy (non-hydrogen) atoms. The summed E-state index contributed by atoms with van der Waals surface area (Å²) < 4.78 is 55.1. The lowest BCUT2D eigenvalue weighted by molar-refractivity contribution is 0.102. The second-order valence-corrected chi connectivity index (χ2v) is 11.5. The van der Waals surface area contributed by atoms with Crippen LogP contribution in [0.3, 0.4) is 0 Å². The number of nitrogens with one attached hydrogen (secondary N) is 3. The van der Waals surface area contributed by atoms with Crippen molar-refractivity contribution in [3.8, 4) is 0 Å². The molecule has 0 saturated heterocycles. The van der Waals surface area contributed by atoms with Gasteiger partial charge in [-0.25, -0.2) is 31.5 Å². The van der Waals surface area contributed by atoms with Crippen LogP contribution in [0.25, 0.3) is 0 Å². The van der Waals surface area contributed by atoms with E-state index in [9.17, 15) is 21.6 Å². The molecule has 0 aliphatic carbocycles. The van der Waals surface area contributed by atoms with Gasteiger partial charge in [-0.15, -0.1) is 0 Å². The van der Waals surface area contributed by atoms with Crippen LogP contribution >= 0.6 is 11.6 Å². The van der Waals surface area contributed by atoms with E-state index in [1.54, 1.807) is 18.2 Å². The van der Waals surface area contributed by atoms with Crippen molar-refractivity contribution in [1.29, 1.82) is 0 Å². The lowest BCUT2D eigenvalue weighted by Crippen LogP contribution is -2.16. The maximum absolute atomic E-state index is 12.9. The molecule has 190 valence electrons. The number of sulfonamides is 2. The zero-order valence-electron chi connectivity index (χ0n) is 19.2. The van der Waals surface area contributed by atoms with Crippen molar-refractivity contribution in [2.75, 3.05) is 14.8 Å². The highest BCUT2D eigenvalue weighted by Gasteiger charge is 2.18. The van der Waals surface area contributed by atoms with Crippen molar-refractivity contribution in [3.63, 3.8) is 0 Å². The Morgan fingerprint density at radius 3 is 1.92 bits per heavy atom. The van der Waals surface area contributed by atoms with Crippen LogP contribution in [0.2, 0.25) is 5.02 Å². The smallest absolute Gasteiger partial charge is 0.264 e. The standard InChI is InChI=1S/C24H20ClN5O5S2/c1-16-3-8-19(9-4-16)36(32,33)29-18-7-12-22(25)21(15-18)23(31)28-17-5-10-20(11-6-17)37(34,35)30-24-26-13-2-14-27-24/h2-15,29H,1H3,(H,28,31)(H,26,27,30). The summed E-state index contributed by atoms with van der Waals surface area (Å²) in [6, 6.07) is 17.4. The highest BCUT2D eigenvalue weighted by atomic mass is 35.5. The van der Waals surface area contributed by atoms with Gasteiger partial charge in [0.15, 0.2) is 0 Å². The second-order valence-electron chi connectivity index (χ2n) is 7.77. The van der Waals surface area contributed by atoms with Gasteiger partial charge in [0, 0.05) is 23.8 Å². The molecule has 4 rings (SSSR count). The molecule has 0 aliphatic rings. The average Bonchev–Trinajstić information content (AvgIpc) is 2.86. The predicted octanol–water partition coefficient (Wildman–Crippen LogP) is 4.29. The van der Waals surface area contributed by atoms with Crippen molar-refractivity contribution in [2.45, 2.75) is 16.7 Å². The number of amides is 1. The molecular weight excluding hydrogens is 538 g/mol. The third-order valence-electron chi connectivity index (χ3n) is 5.01. The Morgan fingerprint density at radius 2 is 1.30 bits per heavy atom. The van der Waals surface area contributed by atoms with Crippen LogP contribution in [0.5, 0.6) is 0 Å². The summed E-state index contributed by atoms with van der Waals surface area (Å²) in [6.07, 6.45) is 2.80. The molecule has 1 amide bonds. The fourth-order valence-corrected chi connectivity index (χ4v) is 5.35. The molecule has 13 heteroatoms. The van der Waals surface area contributed by atoms with Crippen molar-refractivity contribution < 1.29 is 21.6 Å². The molecule has 0 radical (unpaired) electrons. The summed E-state index contributed by atoms with van der Waals surface area (Å²) in [5, 5.41) is 2.71. The molecule has 3 aromatic carbocycles. The number of hydrogen-bond donors (Lipinski definition) is 3. The van der Waals surface area contributed by atoms with E-state index in [0.717, 1.165) is 5.56 Å². The maximum Gasteiger partial charge on any atom is 0.264 e. The van der Waals surface area contributed by atoms with E-state index in [0.29, 0.717) is 5.69 Å². The highest BCUT2D eigenvalue weighted by Crippen LogP contribution is 2.25. The van der Waals surface area contributed by atoms with Gasteiger partial charge in [0.05, 0.1) is 20.4 Å². The van der Waals surface area contributed by atoms with Crippen LogP contribution in [-0.2, 0) is 20.0 Å². The van der Waals surface area contributed by atoms with Crippen molar-refractivity contribution in [1.82, 2.24) is 9.97 Å². The van der Waals surface area contributed by atoms with E-state index in [4.69, 9.17) is 11.6 Å². The minimum atomic E-state index is -3.94. The first-order valence-electron chi connectivity index (χ1n) is 10.6. The molecule has 0 atom stereocenters. The first-order valence-corrected chi connectivity index (χ1v) is 14.0. The predicted molar refractivity (Wildman–Crippen MR) is 141 cm³/mol. The molecule has 0 saturated carbocycles. The van der Waals surface area contributed by atoms with E-state index >= 15 is 0 Å². The largest absolute Gasteiger partial charge is 0.322 e. The summed E-state index contributed by atoms with van der Waals surface area (Å²) in [5.74, 6) is -0.694. The van der Waals surface area contributed by atoms with Gasteiger partial charge in [-0.05, 0) is 67.6 Å². The van der Waals surface area contributed by atoms with Gasteiger partial charge in [0.25, 0.3) is 26.0 Å². The molecule has 1 aromatic heterocycles. The quantitative estimate of drug-likeness (QED) is 0.293. The Balaban J connectivity index is 1.48.